The third kappa shape index (κ3) is 6.70. The molecule has 0 saturated heterocycles. The van der Waals surface area contributed by atoms with Crippen LogP contribution >= 0.6 is 24.4 Å². The fourth-order valence-corrected chi connectivity index (χ4v) is 3.53. The Hall–Kier alpha value is -0.750. The van der Waals surface area contributed by atoms with E-state index < -0.39 is 0 Å². The summed E-state index contributed by atoms with van der Waals surface area (Å²) in [6.45, 7) is 0.924. The standard InChI is InChI=1S/C15H26N4S2/c20-14-17-13(18-15(21)19-14)16-11-7-10-12-8-5-3-1-2-4-6-9-12/h12H,1-11H2,(H3,16,17,18,19,20,21). The lowest BCUT2D eigenvalue weighted by Crippen LogP contribution is -2.09. The average Bonchev–Trinajstić information content (AvgIpc) is 2.56. The highest BCUT2D eigenvalue weighted by atomic mass is 32.1. The summed E-state index contributed by atoms with van der Waals surface area (Å²) in [5.74, 6) is 1.59. The monoisotopic (exact) mass is 326 g/mol. The Bertz CT molecular complexity index is 485. The molecule has 0 aromatic carbocycles. The van der Waals surface area contributed by atoms with Gasteiger partial charge in [0.1, 0.15) is 0 Å². The van der Waals surface area contributed by atoms with Crippen LogP contribution in [0.5, 0.6) is 0 Å². The molecule has 1 fully saturated rings. The van der Waals surface area contributed by atoms with Gasteiger partial charge in [-0.1, -0.05) is 51.4 Å². The molecular formula is C15H26N4S2. The summed E-state index contributed by atoms with van der Waals surface area (Å²) in [7, 11) is 0. The number of aromatic amines is 2. The minimum Gasteiger partial charge on any atom is -0.356 e. The Morgan fingerprint density at radius 3 is 2.33 bits per heavy atom. The lowest BCUT2D eigenvalue weighted by atomic mass is 9.92. The lowest BCUT2D eigenvalue weighted by Gasteiger charge is -2.15. The molecule has 0 radical (unpaired) electrons. The summed E-state index contributed by atoms with van der Waals surface area (Å²) in [6.07, 6.45) is 13.9. The van der Waals surface area contributed by atoms with E-state index in [0.29, 0.717) is 15.5 Å². The molecule has 4 nitrogen and oxygen atoms in total. The van der Waals surface area contributed by atoms with Gasteiger partial charge in [-0.15, -0.1) is 0 Å². The van der Waals surface area contributed by atoms with E-state index in [1.807, 2.05) is 0 Å². The molecule has 2 rings (SSSR count). The summed E-state index contributed by atoms with van der Waals surface area (Å²) in [5, 5.41) is 3.29. The summed E-state index contributed by atoms with van der Waals surface area (Å²) >= 11 is 10.1. The Kier molecular flexibility index (Phi) is 7.36. The minimum absolute atomic E-state index is 0.428. The van der Waals surface area contributed by atoms with Crippen molar-refractivity contribution >= 4 is 30.4 Å². The number of nitrogens with one attached hydrogen (secondary N) is 3. The van der Waals surface area contributed by atoms with Crippen molar-refractivity contribution in [1.29, 1.82) is 0 Å². The van der Waals surface area contributed by atoms with Gasteiger partial charge < -0.3 is 15.3 Å². The molecule has 1 saturated carbocycles. The van der Waals surface area contributed by atoms with Crippen LogP contribution in [0.2, 0.25) is 0 Å². The first kappa shape index (κ1) is 16.6. The van der Waals surface area contributed by atoms with Gasteiger partial charge >= 0.3 is 0 Å². The average molecular weight is 327 g/mol. The van der Waals surface area contributed by atoms with E-state index in [0.717, 1.165) is 12.5 Å². The van der Waals surface area contributed by atoms with Gasteiger partial charge in [-0.3, -0.25) is 0 Å². The topological polar surface area (TPSA) is 56.5 Å². The van der Waals surface area contributed by atoms with E-state index in [4.69, 9.17) is 24.4 Å². The predicted octanol–water partition coefficient (Wildman–Crippen LogP) is 5.14. The Morgan fingerprint density at radius 1 is 1.00 bits per heavy atom. The zero-order valence-corrected chi connectivity index (χ0v) is 14.3. The molecule has 0 amide bonds. The van der Waals surface area contributed by atoms with Crippen molar-refractivity contribution in [3.05, 3.63) is 9.54 Å². The van der Waals surface area contributed by atoms with Gasteiger partial charge in [0.2, 0.25) is 10.7 Å². The first-order valence-electron chi connectivity index (χ1n) is 8.18. The number of hydrogen-bond acceptors (Lipinski definition) is 4. The van der Waals surface area contributed by atoms with Crippen LogP contribution in [0.3, 0.4) is 0 Å². The van der Waals surface area contributed by atoms with Crippen molar-refractivity contribution < 1.29 is 0 Å². The molecular weight excluding hydrogens is 300 g/mol. The van der Waals surface area contributed by atoms with Gasteiger partial charge in [0.05, 0.1) is 0 Å². The molecule has 1 aliphatic carbocycles. The number of nitrogens with zero attached hydrogens (tertiary/aromatic N) is 1. The second-order valence-corrected chi connectivity index (χ2v) is 6.77. The van der Waals surface area contributed by atoms with Crippen molar-refractivity contribution in [2.45, 2.75) is 64.2 Å². The number of H-pyrrole nitrogens is 2. The molecule has 1 aromatic rings. The van der Waals surface area contributed by atoms with Crippen LogP contribution in [0, 0.1) is 15.5 Å². The second-order valence-electron chi connectivity index (χ2n) is 5.98. The summed E-state index contributed by atoms with van der Waals surface area (Å²) in [5.41, 5.74) is 0. The van der Waals surface area contributed by atoms with Gasteiger partial charge in [-0.25, -0.2) is 0 Å². The SMILES string of the molecule is S=c1nc(NCCCC2CCCCCCCC2)[nH]c(=S)[nH]1. The quantitative estimate of drug-likeness (QED) is 0.518. The summed E-state index contributed by atoms with van der Waals surface area (Å²) < 4.78 is 0.950. The summed E-state index contributed by atoms with van der Waals surface area (Å²) in [4.78, 5) is 9.96. The highest BCUT2D eigenvalue weighted by Crippen LogP contribution is 2.25. The molecule has 21 heavy (non-hydrogen) atoms. The molecule has 3 N–H and O–H groups in total. The van der Waals surface area contributed by atoms with Crippen LogP contribution < -0.4 is 5.32 Å². The van der Waals surface area contributed by atoms with Crippen molar-refractivity contribution in [3.8, 4) is 0 Å². The zero-order valence-electron chi connectivity index (χ0n) is 12.6. The van der Waals surface area contributed by atoms with Crippen molar-refractivity contribution in [2.75, 3.05) is 11.9 Å². The molecule has 1 aromatic heterocycles. The number of hydrogen-bond donors (Lipinski definition) is 3. The number of rotatable bonds is 5. The van der Waals surface area contributed by atoms with Crippen LogP contribution in [0.25, 0.3) is 0 Å². The van der Waals surface area contributed by atoms with Crippen molar-refractivity contribution in [1.82, 2.24) is 15.0 Å². The molecule has 1 heterocycles. The van der Waals surface area contributed by atoms with Crippen LogP contribution in [0.1, 0.15) is 64.2 Å². The molecule has 0 bridgehead atoms. The maximum absolute atomic E-state index is 5.05. The Labute approximate surface area is 137 Å². The lowest BCUT2D eigenvalue weighted by molar-refractivity contribution is 0.394. The van der Waals surface area contributed by atoms with E-state index in [2.05, 4.69) is 20.3 Å². The van der Waals surface area contributed by atoms with E-state index >= 15 is 0 Å². The number of anilines is 1. The minimum atomic E-state index is 0.428. The summed E-state index contributed by atoms with van der Waals surface area (Å²) in [6, 6.07) is 0. The van der Waals surface area contributed by atoms with Gasteiger partial charge in [0.15, 0.2) is 4.77 Å². The number of aromatic nitrogens is 3. The van der Waals surface area contributed by atoms with E-state index in [1.54, 1.807) is 0 Å². The van der Waals surface area contributed by atoms with Gasteiger partial charge in [-0.2, -0.15) is 4.98 Å². The fraction of sp³-hybridized carbons (Fsp3) is 0.800. The first-order valence-corrected chi connectivity index (χ1v) is 9.00. The fourth-order valence-electron chi connectivity index (χ4n) is 3.08. The highest BCUT2D eigenvalue weighted by molar-refractivity contribution is 7.71. The zero-order chi connectivity index (χ0) is 14.9. The highest BCUT2D eigenvalue weighted by Gasteiger charge is 2.10. The molecule has 0 aliphatic heterocycles. The molecule has 0 atom stereocenters. The van der Waals surface area contributed by atoms with Gasteiger partial charge in [0, 0.05) is 6.54 Å². The third-order valence-corrected chi connectivity index (χ3v) is 4.62. The maximum Gasteiger partial charge on any atom is 0.205 e. The van der Waals surface area contributed by atoms with Crippen molar-refractivity contribution in [3.63, 3.8) is 0 Å². The predicted molar refractivity (Wildman–Crippen MR) is 92.8 cm³/mol. The first-order chi connectivity index (χ1) is 10.2. The third-order valence-electron chi connectivity index (χ3n) is 4.22. The Balaban J connectivity index is 1.70. The van der Waals surface area contributed by atoms with Crippen LogP contribution in [-0.4, -0.2) is 21.5 Å². The smallest absolute Gasteiger partial charge is 0.205 e. The molecule has 6 heteroatoms. The van der Waals surface area contributed by atoms with E-state index in [-0.39, 0.29) is 0 Å². The Morgan fingerprint density at radius 2 is 1.67 bits per heavy atom. The largest absolute Gasteiger partial charge is 0.356 e. The maximum atomic E-state index is 5.05. The van der Waals surface area contributed by atoms with Gasteiger partial charge in [-0.05, 0) is 43.2 Å². The van der Waals surface area contributed by atoms with Crippen LogP contribution in [0.15, 0.2) is 0 Å². The molecule has 1 aliphatic rings. The van der Waals surface area contributed by atoms with Gasteiger partial charge in [0.25, 0.3) is 0 Å². The normalized spacial score (nSPS) is 17.7. The second kappa shape index (κ2) is 9.30. The van der Waals surface area contributed by atoms with Crippen molar-refractivity contribution in [2.24, 2.45) is 5.92 Å². The molecule has 118 valence electrons. The molecule has 0 spiro atoms. The van der Waals surface area contributed by atoms with E-state index in [9.17, 15) is 0 Å². The van der Waals surface area contributed by atoms with Crippen LogP contribution in [0.4, 0.5) is 5.95 Å². The van der Waals surface area contributed by atoms with Crippen LogP contribution in [-0.2, 0) is 0 Å². The van der Waals surface area contributed by atoms with E-state index in [1.165, 1.54) is 64.2 Å². The molecule has 0 unspecified atom stereocenters.